The van der Waals surface area contributed by atoms with Crippen molar-refractivity contribution in [3.05, 3.63) is 153 Å². The number of fused-ring (bicyclic) bond motifs is 1. The van der Waals surface area contributed by atoms with Crippen LogP contribution >= 0.6 is 0 Å². The van der Waals surface area contributed by atoms with Crippen molar-refractivity contribution in [2.75, 3.05) is 0 Å². The zero-order valence-corrected chi connectivity index (χ0v) is 23.6. The van der Waals surface area contributed by atoms with Crippen LogP contribution in [0.1, 0.15) is 28.8 Å². The molecule has 5 aromatic rings. The van der Waals surface area contributed by atoms with E-state index in [0.29, 0.717) is 22.2 Å². The predicted octanol–water partition coefficient (Wildman–Crippen LogP) is 3.14. The van der Waals surface area contributed by atoms with Crippen molar-refractivity contribution in [1.82, 2.24) is 20.2 Å². The highest BCUT2D eigenvalue weighted by Gasteiger charge is 2.32. The lowest BCUT2D eigenvalue weighted by Gasteiger charge is -2.25. The molecule has 4 aromatic carbocycles. The first kappa shape index (κ1) is 29.7. The first-order valence-corrected chi connectivity index (χ1v) is 14.0. The fourth-order valence-corrected chi connectivity index (χ4v) is 5.10. The molecule has 10 heteroatoms. The van der Waals surface area contributed by atoms with Crippen molar-refractivity contribution in [3.63, 3.8) is 0 Å². The molecule has 0 aliphatic carbocycles. The number of nitrogens with zero attached hydrogens (tertiary/aromatic N) is 1. The van der Waals surface area contributed by atoms with E-state index in [1.807, 2.05) is 0 Å². The number of aliphatic carboxylic acids is 1. The fraction of sp³-hybridized carbons (Fsp3) is 0.147. The van der Waals surface area contributed by atoms with E-state index in [1.165, 1.54) is 0 Å². The maximum absolute atomic E-state index is 14.1. The number of carboxylic acids is 1. The maximum Gasteiger partial charge on any atom is 0.330 e. The number of aromatic nitrogens is 2. The third kappa shape index (κ3) is 6.81. The quantitative estimate of drug-likeness (QED) is 0.186. The maximum atomic E-state index is 14.1. The normalized spacial score (nSPS) is 13.0. The second-order valence-electron chi connectivity index (χ2n) is 10.3. The minimum Gasteiger partial charge on any atom is -0.479 e. The summed E-state index contributed by atoms with van der Waals surface area (Å²) in [6.07, 6.45) is 0.00994. The Morgan fingerprint density at radius 2 is 1.23 bits per heavy atom. The second kappa shape index (κ2) is 13.5. The summed E-state index contributed by atoms with van der Waals surface area (Å²) in [4.78, 5) is 69.4. The predicted molar refractivity (Wildman–Crippen MR) is 165 cm³/mol. The van der Waals surface area contributed by atoms with Gasteiger partial charge >= 0.3 is 11.7 Å². The van der Waals surface area contributed by atoms with Crippen molar-refractivity contribution < 1.29 is 19.5 Å². The molecule has 3 atom stereocenters. The lowest BCUT2D eigenvalue weighted by atomic mass is 10.0. The van der Waals surface area contributed by atoms with Crippen LogP contribution in [0.2, 0.25) is 0 Å². The van der Waals surface area contributed by atoms with Crippen LogP contribution in [0.3, 0.4) is 0 Å². The number of carboxylic acid groups (broad SMARTS) is 1. The first-order valence-electron chi connectivity index (χ1n) is 14.0. The van der Waals surface area contributed by atoms with E-state index < -0.39 is 47.2 Å². The summed E-state index contributed by atoms with van der Waals surface area (Å²) >= 11 is 0. The average Bonchev–Trinajstić information content (AvgIpc) is 3.04. The van der Waals surface area contributed by atoms with E-state index in [4.69, 9.17) is 0 Å². The summed E-state index contributed by atoms with van der Waals surface area (Å²) in [6, 6.07) is 28.6. The van der Waals surface area contributed by atoms with Crippen LogP contribution in [0.15, 0.2) is 125 Å². The van der Waals surface area contributed by atoms with Gasteiger partial charge in [-0.25, -0.2) is 14.2 Å². The lowest BCUT2D eigenvalue weighted by Crippen LogP contribution is -2.53. The summed E-state index contributed by atoms with van der Waals surface area (Å²) in [5.41, 5.74) is 0.656. The third-order valence-electron chi connectivity index (χ3n) is 7.30. The molecule has 44 heavy (non-hydrogen) atoms. The van der Waals surface area contributed by atoms with E-state index in [1.54, 1.807) is 115 Å². The van der Waals surface area contributed by atoms with Crippen LogP contribution < -0.4 is 21.9 Å². The Kier molecular flexibility index (Phi) is 9.10. The van der Waals surface area contributed by atoms with Gasteiger partial charge in [-0.3, -0.25) is 14.4 Å². The zero-order valence-electron chi connectivity index (χ0n) is 23.6. The van der Waals surface area contributed by atoms with Gasteiger partial charge in [-0.05, 0) is 28.8 Å². The Bertz CT molecular complexity index is 1890. The standard InChI is InChI=1S/C34H30N4O6/c39-30(37-29(33(42)43)24-16-8-3-9-17-24)27(20-22-12-4-1-5-13-22)35-31(40)28(21-23-14-6-2-7-15-23)38-32(41)25-18-10-11-19-26(25)36-34(38)44/h1-19,27-29H,20-21H2,(H,35,40)(H,36,44)(H,37,39)(H,42,43). The van der Waals surface area contributed by atoms with E-state index in [2.05, 4.69) is 15.6 Å². The van der Waals surface area contributed by atoms with E-state index in [-0.39, 0.29) is 18.2 Å². The summed E-state index contributed by atoms with van der Waals surface area (Å²) in [7, 11) is 0. The number of carbonyl (C=O) groups is 3. The monoisotopic (exact) mass is 590 g/mol. The van der Waals surface area contributed by atoms with Gasteiger partial charge in [0.25, 0.3) is 5.56 Å². The molecule has 222 valence electrons. The van der Waals surface area contributed by atoms with Crippen LogP contribution in [-0.4, -0.2) is 38.5 Å². The number of H-pyrrole nitrogens is 1. The average molecular weight is 591 g/mol. The van der Waals surface area contributed by atoms with Gasteiger partial charge in [0, 0.05) is 12.8 Å². The molecule has 0 spiro atoms. The molecule has 0 radical (unpaired) electrons. The third-order valence-corrected chi connectivity index (χ3v) is 7.30. The largest absolute Gasteiger partial charge is 0.479 e. The van der Waals surface area contributed by atoms with Gasteiger partial charge in [0.1, 0.15) is 12.1 Å². The van der Waals surface area contributed by atoms with Gasteiger partial charge in [-0.2, -0.15) is 0 Å². The van der Waals surface area contributed by atoms with Gasteiger partial charge in [0.2, 0.25) is 11.8 Å². The number of para-hydroxylation sites is 1. The fourth-order valence-electron chi connectivity index (χ4n) is 5.10. The van der Waals surface area contributed by atoms with E-state index >= 15 is 0 Å². The Morgan fingerprint density at radius 1 is 0.682 bits per heavy atom. The summed E-state index contributed by atoms with van der Waals surface area (Å²) in [5.74, 6) is -2.76. The molecule has 0 saturated heterocycles. The first-order chi connectivity index (χ1) is 21.3. The summed E-state index contributed by atoms with van der Waals surface area (Å²) in [5, 5.41) is 15.4. The molecular formula is C34H30N4O6. The zero-order chi connectivity index (χ0) is 31.1. The van der Waals surface area contributed by atoms with Crippen LogP contribution in [0.25, 0.3) is 10.9 Å². The Balaban J connectivity index is 1.52. The Morgan fingerprint density at radius 3 is 1.84 bits per heavy atom. The van der Waals surface area contributed by atoms with Gasteiger partial charge < -0.3 is 20.7 Å². The molecule has 0 aliphatic heterocycles. The molecule has 0 fully saturated rings. The van der Waals surface area contributed by atoms with Gasteiger partial charge in [0.15, 0.2) is 6.04 Å². The molecule has 1 heterocycles. The molecule has 0 aliphatic rings. The summed E-state index contributed by atoms with van der Waals surface area (Å²) in [6.45, 7) is 0. The SMILES string of the molecule is O=C(NC(C(=O)O)c1ccccc1)C(Cc1ccccc1)NC(=O)C(Cc1ccccc1)n1c(=O)[nH]c2ccccc2c1=O. The lowest BCUT2D eigenvalue weighted by molar-refractivity contribution is -0.142. The Hall–Kier alpha value is -5.77. The molecule has 5 rings (SSSR count). The van der Waals surface area contributed by atoms with E-state index in [0.717, 1.165) is 4.57 Å². The van der Waals surface area contributed by atoms with Crippen molar-refractivity contribution in [1.29, 1.82) is 0 Å². The van der Waals surface area contributed by atoms with Crippen LogP contribution in [0.5, 0.6) is 0 Å². The van der Waals surface area contributed by atoms with Crippen molar-refractivity contribution in [2.24, 2.45) is 0 Å². The highest BCUT2D eigenvalue weighted by Crippen LogP contribution is 2.17. The number of hydrogen-bond donors (Lipinski definition) is 4. The van der Waals surface area contributed by atoms with Crippen molar-refractivity contribution >= 4 is 28.7 Å². The number of amides is 2. The van der Waals surface area contributed by atoms with Crippen LogP contribution in [-0.2, 0) is 27.2 Å². The number of benzene rings is 4. The molecule has 10 nitrogen and oxygen atoms in total. The highest BCUT2D eigenvalue weighted by atomic mass is 16.4. The number of hydrogen-bond acceptors (Lipinski definition) is 5. The highest BCUT2D eigenvalue weighted by molar-refractivity contribution is 5.92. The molecule has 0 bridgehead atoms. The molecule has 4 N–H and O–H groups in total. The van der Waals surface area contributed by atoms with Crippen LogP contribution in [0, 0.1) is 0 Å². The molecular weight excluding hydrogens is 560 g/mol. The van der Waals surface area contributed by atoms with Crippen molar-refractivity contribution in [3.8, 4) is 0 Å². The van der Waals surface area contributed by atoms with Crippen molar-refractivity contribution in [2.45, 2.75) is 31.0 Å². The van der Waals surface area contributed by atoms with Gasteiger partial charge in [-0.1, -0.05) is 103 Å². The molecule has 2 amide bonds. The smallest absolute Gasteiger partial charge is 0.330 e. The van der Waals surface area contributed by atoms with E-state index in [9.17, 15) is 29.1 Å². The minimum atomic E-state index is -1.37. The Labute approximate surface area is 252 Å². The van der Waals surface area contributed by atoms with Gasteiger partial charge in [-0.15, -0.1) is 0 Å². The number of aromatic amines is 1. The second-order valence-corrected chi connectivity index (χ2v) is 10.3. The number of rotatable bonds is 11. The topological polar surface area (TPSA) is 150 Å². The summed E-state index contributed by atoms with van der Waals surface area (Å²) < 4.78 is 0.867. The number of nitrogens with one attached hydrogen (secondary N) is 3. The molecule has 0 saturated carbocycles. The van der Waals surface area contributed by atoms with Gasteiger partial charge in [0.05, 0.1) is 10.9 Å². The minimum absolute atomic E-state index is 0.0184. The van der Waals surface area contributed by atoms with Crippen LogP contribution in [0.4, 0.5) is 0 Å². The molecule has 3 unspecified atom stereocenters. The number of carbonyl (C=O) groups excluding carboxylic acids is 2. The molecule has 1 aromatic heterocycles.